The van der Waals surface area contributed by atoms with E-state index in [-0.39, 0.29) is 17.2 Å². The monoisotopic (exact) mass is 437 g/mol. The summed E-state index contributed by atoms with van der Waals surface area (Å²) in [6.45, 7) is 0. The van der Waals surface area contributed by atoms with E-state index in [0.717, 1.165) is 19.3 Å². The topological polar surface area (TPSA) is 52.4 Å². The van der Waals surface area contributed by atoms with Gasteiger partial charge in [-0.05, 0) is 41.3 Å². The van der Waals surface area contributed by atoms with E-state index in [4.69, 9.17) is 16.3 Å². The van der Waals surface area contributed by atoms with E-state index in [9.17, 15) is 10.1 Å². The van der Waals surface area contributed by atoms with E-state index in [1.165, 1.54) is 18.9 Å². The van der Waals surface area contributed by atoms with Crippen LogP contribution in [0.15, 0.2) is 16.6 Å². The first-order valence-electron chi connectivity index (χ1n) is 6.88. The molecule has 3 rings (SSSR count). The van der Waals surface area contributed by atoms with Gasteiger partial charge in [-0.25, -0.2) is 0 Å². The number of benzene rings is 1. The van der Waals surface area contributed by atoms with Gasteiger partial charge in [0, 0.05) is 21.3 Å². The molecule has 1 aromatic rings. The highest BCUT2D eigenvalue weighted by molar-refractivity contribution is 9.10. The number of hydrogen-bond donors (Lipinski definition) is 0. The van der Waals surface area contributed by atoms with E-state index in [1.54, 1.807) is 6.07 Å². The van der Waals surface area contributed by atoms with Crippen LogP contribution in [0.5, 0.6) is 5.75 Å². The Morgan fingerprint density at radius 3 is 2.62 bits per heavy atom. The fourth-order valence-electron chi connectivity index (χ4n) is 3.47. The maximum absolute atomic E-state index is 11.2. The molecule has 2 aliphatic rings. The Balaban J connectivity index is 1.90. The zero-order chi connectivity index (χ0) is 15.2. The van der Waals surface area contributed by atoms with Crippen LogP contribution in [0.25, 0.3) is 0 Å². The van der Waals surface area contributed by atoms with Gasteiger partial charge >= 0.3 is 5.69 Å². The van der Waals surface area contributed by atoms with Crippen molar-refractivity contribution < 1.29 is 9.66 Å². The van der Waals surface area contributed by atoms with Crippen molar-refractivity contribution in [3.8, 4) is 5.75 Å². The first-order valence-corrected chi connectivity index (χ1v) is 8.97. The molecule has 2 unspecified atom stereocenters. The summed E-state index contributed by atoms with van der Waals surface area (Å²) < 4.78 is 6.59. The Morgan fingerprint density at radius 1 is 1.38 bits per heavy atom. The normalized spacial score (nSPS) is 26.6. The quantitative estimate of drug-likeness (QED) is 0.356. The van der Waals surface area contributed by atoms with Crippen LogP contribution >= 0.6 is 43.5 Å². The molecule has 1 spiro atoms. The van der Waals surface area contributed by atoms with Gasteiger partial charge in [0.2, 0.25) is 5.75 Å². The number of hydrogen-bond acceptors (Lipinski definition) is 3. The molecule has 0 heterocycles. The molecule has 1 aromatic carbocycles. The van der Waals surface area contributed by atoms with Crippen LogP contribution < -0.4 is 4.74 Å². The third-order valence-corrected chi connectivity index (χ3v) is 6.76. The van der Waals surface area contributed by atoms with Gasteiger partial charge in [-0.1, -0.05) is 40.4 Å². The summed E-state index contributed by atoms with van der Waals surface area (Å²) in [7, 11) is 0. The first kappa shape index (κ1) is 15.6. The van der Waals surface area contributed by atoms with E-state index in [2.05, 4.69) is 31.9 Å². The van der Waals surface area contributed by atoms with Crippen LogP contribution in [0.2, 0.25) is 5.02 Å². The molecule has 7 heteroatoms. The van der Waals surface area contributed by atoms with E-state index < -0.39 is 4.92 Å². The molecule has 2 aliphatic carbocycles. The molecule has 21 heavy (non-hydrogen) atoms. The molecule has 4 nitrogen and oxygen atoms in total. The summed E-state index contributed by atoms with van der Waals surface area (Å²) in [5.74, 6) is 0.292. The lowest BCUT2D eigenvalue weighted by Crippen LogP contribution is -2.55. The average Bonchev–Trinajstić information content (AvgIpc) is 2.92. The molecule has 0 aliphatic heterocycles. The number of nitrogens with zero attached hydrogens (tertiary/aromatic N) is 1. The van der Waals surface area contributed by atoms with Gasteiger partial charge in [0.05, 0.1) is 9.40 Å². The second-order valence-electron chi connectivity index (χ2n) is 5.74. The van der Waals surface area contributed by atoms with Gasteiger partial charge in [0.25, 0.3) is 0 Å². The summed E-state index contributed by atoms with van der Waals surface area (Å²) >= 11 is 13.0. The fraction of sp³-hybridized carbons (Fsp3) is 0.571. The molecule has 114 valence electrons. The molecule has 0 amide bonds. The number of rotatable bonds is 3. The number of halogens is 3. The van der Waals surface area contributed by atoms with Crippen molar-refractivity contribution in [2.45, 2.75) is 43.0 Å². The van der Waals surface area contributed by atoms with Gasteiger partial charge < -0.3 is 4.74 Å². The van der Waals surface area contributed by atoms with Crippen LogP contribution in [0.4, 0.5) is 5.69 Å². The highest BCUT2D eigenvalue weighted by Crippen LogP contribution is 2.58. The minimum absolute atomic E-state index is 0.0283. The van der Waals surface area contributed by atoms with Crippen molar-refractivity contribution in [2.24, 2.45) is 5.41 Å². The second kappa shape index (κ2) is 5.70. The Hall–Kier alpha value is -0.330. The predicted octanol–water partition coefficient (Wildman–Crippen LogP) is 5.49. The Labute approximate surface area is 144 Å². The van der Waals surface area contributed by atoms with E-state index >= 15 is 0 Å². The van der Waals surface area contributed by atoms with Crippen molar-refractivity contribution in [1.29, 1.82) is 0 Å². The fourth-order valence-corrected chi connectivity index (χ4v) is 5.45. The van der Waals surface area contributed by atoms with Gasteiger partial charge in [-0.15, -0.1) is 0 Å². The third-order valence-electron chi connectivity index (χ3n) is 4.67. The average molecular weight is 440 g/mol. The van der Waals surface area contributed by atoms with Gasteiger partial charge in [-0.3, -0.25) is 10.1 Å². The summed E-state index contributed by atoms with van der Waals surface area (Å²) in [4.78, 5) is 11.2. The molecule has 0 aromatic heterocycles. The Morgan fingerprint density at radius 2 is 2.05 bits per heavy atom. The van der Waals surface area contributed by atoms with Crippen molar-refractivity contribution in [1.82, 2.24) is 0 Å². The number of nitro groups is 1. The summed E-state index contributed by atoms with van der Waals surface area (Å²) in [6.07, 6.45) is 5.55. The molecule has 2 atom stereocenters. The zero-order valence-corrected chi connectivity index (χ0v) is 15.1. The molecule has 2 fully saturated rings. The number of ether oxygens (including phenoxy) is 1. The van der Waals surface area contributed by atoms with Gasteiger partial charge in [-0.2, -0.15) is 0 Å². The molecular formula is C14H14Br2ClNO3. The minimum Gasteiger partial charge on any atom is -0.482 e. The SMILES string of the molecule is O=[N+]([O-])c1cc(Cl)cc(Br)c1OC1CC(Br)C12CCCC2. The molecule has 2 saturated carbocycles. The lowest BCUT2D eigenvalue weighted by molar-refractivity contribution is -0.386. The minimum atomic E-state index is -0.447. The van der Waals surface area contributed by atoms with Crippen molar-refractivity contribution >= 4 is 49.1 Å². The van der Waals surface area contributed by atoms with Crippen LogP contribution in [0, 0.1) is 15.5 Å². The largest absolute Gasteiger partial charge is 0.482 e. The van der Waals surface area contributed by atoms with Crippen LogP contribution in [0.1, 0.15) is 32.1 Å². The highest BCUT2D eigenvalue weighted by Gasteiger charge is 2.57. The van der Waals surface area contributed by atoms with Gasteiger partial charge in [0.1, 0.15) is 6.10 Å². The third kappa shape index (κ3) is 2.59. The number of alkyl halides is 1. The lowest BCUT2D eigenvalue weighted by atomic mass is 9.64. The van der Waals surface area contributed by atoms with E-state index in [1.807, 2.05) is 0 Å². The molecular weight excluding hydrogens is 425 g/mol. The predicted molar refractivity (Wildman–Crippen MR) is 88.5 cm³/mol. The maximum atomic E-state index is 11.2. The van der Waals surface area contributed by atoms with Crippen LogP contribution in [0.3, 0.4) is 0 Å². The zero-order valence-electron chi connectivity index (χ0n) is 11.2. The van der Waals surface area contributed by atoms with Crippen molar-refractivity contribution in [3.05, 3.63) is 31.7 Å². The second-order valence-corrected chi connectivity index (χ2v) is 8.14. The molecule has 0 saturated heterocycles. The summed E-state index contributed by atoms with van der Waals surface area (Å²) in [5.41, 5.74) is 0.0491. The van der Waals surface area contributed by atoms with Crippen LogP contribution in [-0.4, -0.2) is 15.9 Å². The Bertz CT molecular complexity index is 590. The first-order chi connectivity index (χ1) is 9.94. The standard InChI is InChI=1S/C14H14Br2ClNO3/c15-9-5-8(17)6-10(18(19)20)13(9)21-12-7-11(16)14(12)3-1-2-4-14/h5-6,11-12H,1-4,7H2. The van der Waals surface area contributed by atoms with Crippen molar-refractivity contribution in [2.75, 3.05) is 0 Å². The van der Waals surface area contributed by atoms with E-state index in [0.29, 0.717) is 20.1 Å². The molecule has 0 N–H and O–H groups in total. The van der Waals surface area contributed by atoms with Crippen LogP contribution in [-0.2, 0) is 0 Å². The Kier molecular flexibility index (Phi) is 4.23. The van der Waals surface area contributed by atoms with Gasteiger partial charge in [0.15, 0.2) is 0 Å². The maximum Gasteiger partial charge on any atom is 0.313 e. The molecule has 0 radical (unpaired) electrons. The highest BCUT2D eigenvalue weighted by atomic mass is 79.9. The smallest absolute Gasteiger partial charge is 0.313 e. The lowest BCUT2D eigenvalue weighted by Gasteiger charge is -2.51. The summed E-state index contributed by atoms with van der Waals surface area (Å²) in [6, 6.07) is 2.97. The molecule has 0 bridgehead atoms. The van der Waals surface area contributed by atoms with Crippen molar-refractivity contribution in [3.63, 3.8) is 0 Å². The summed E-state index contributed by atoms with van der Waals surface area (Å²) in [5, 5.41) is 11.6. The number of nitro benzene ring substituents is 1.